The number of nitrogens with one attached hydrogen (secondary N) is 1. The second-order valence-electron chi connectivity index (χ2n) is 1.50. The van der Waals surface area contributed by atoms with Crippen molar-refractivity contribution in [3.05, 3.63) is 0 Å². The van der Waals surface area contributed by atoms with Crippen LogP contribution in [-0.2, 0) is 0 Å². The topological polar surface area (TPSA) is 83.7 Å². The fourth-order valence-corrected chi connectivity index (χ4v) is 0.420. The Hall–Kier alpha value is -0.880. The quantitative estimate of drug-likeness (QED) is 0.447. The Morgan fingerprint density at radius 1 is 1.70 bits per heavy atom. The number of hydrogen-bond donors (Lipinski definition) is 2. The van der Waals surface area contributed by atoms with Crippen LogP contribution in [0.15, 0.2) is 0 Å². The van der Waals surface area contributed by atoms with Gasteiger partial charge in [0.25, 0.3) is 5.95 Å². The Morgan fingerprint density at radius 3 is 2.80 bits per heavy atom. The Morgan fingerprint density at radius 2 is 2.40 bits per heavy atom. The number of aromatic nitrogens is 4. The van der Waals surface area contributed by atoms with Crippen LogP contribution in [0.1, 0.15) is 6.92 Å². The minimum Gasteiger partial charge on any atom is -0.276 e. The summed E-state index contributed by atoms with van der Waals surface area (Å²) in [7, 11) is 0. The number of halogens is 1. The van der Waals surface area contributed by atoms with Crippen molar-refractivity contribution >= 4 is 18.4 Å². The summed E-state index contributed by atoms with van der Waals surface area (Å²) in [5.74, 6) is 5.80. The maximum Gasteiger partial charge on any atom is 0.279 e. The molecular weight excluding hydrogens is 156 g/mol. The lowest BCUT2D eigenvalue weighted by Crippen LogP contribution is -2.31. The number of tetrazole rings is 1. The van der Waals surface area contributed by atoms with E-state index in [1.165, 1.54) is 5.01 Å². The summed E-state index contributed by atoms with van der Waals surface area (Å²) >= 11 is 0. The molecule has 0 aliphatic rings. The van der Waals surface area contributed by atoms with E-state index < -0.39 is 0 Å². The minimum absolute atomic E-state index is 0. The number of nitrogens with zero attached hydrogens (tertiary/aromatic N) is 4. The maximum absolute atomic E-state index is 5.39. The maximum atomic E-state index is 5.39. The number of aromatic amines is 1. The van der Waals surface area contributed by atoms with Crippen molar-refractivity contribution in [3.63, 3.8) is 0 Å². The first-order valence-corrected chi connectivity index (χ1v) is 2.60. The summed E-state index contributed by atoms with van der Waals surface area (Å²) in [6, 6.07) is 0. The van der Waals surface area contributed by atoms with Crippen molar-refractivity contribution in [1.82, 2.24) is 20.6 Å². The van der Waals surface area contributed by atoms with Crippen molar-refractivity contribution in [2.45, 2.75) is 6.92 Å². The molecule has 0 unspecified atom stereocenters. The second-order valence-corrected chi connectivity index (χ2v) is 1.50. The number of rotatable bonds is 2. The largest absolute Gasteiger partial charge is 0.279 e. The van der Waals surface area contributed by atoms with Crippen LogP contribution < -0.4 is 10.9 Å². The fourth-order valence-electron chi connectivity index (χ4n) is 0.420. The average molecular weight is 165 g/mol. The highest BCUT2D eigenvalue weighted by atomic mass is 35.5. The fraction of sp³-hybridized carbons (Fsp3) is 0.667. The van der Waals surface area contributed by atoms with Gasteiger partial charge in [0, 0.05) is 6.54 Å². The standard InChI is InChI=1S/C3H8N6.ClH/c1-2-9(4)3-5-7-8-6-3;/h2,4H2,1H3,(H,5,6,7,8);1H. The highest BCUT2D eigenvalue weighted by molar-refractivity contribution is 5.85. The van der Waals surface area contributed by atoms with E-state index in [1.807, 2.05) is 6.92 Å². The zero-order chi connectivity index (χ0) is 6.69. The van der Waals surface area contributed by atoms with E-state index in [0.29, 0.717) is 12.5 Å². The Labute approximate surface area is 64.2 Å². The number of anilines is 1. The van der Waals surface area contributed by atoms with Crippen LogP contribution in [0.5, 0.6) is 0 Å². The Balaban J connectivity index is 0.000000810. The highest BCUT2D eigenvalue weighted by Crippen LogP contribution is 1.93. The second kappa shape index (κ2) is 4.02. The van der Waals surface area contributed by atoms with Crippen LogP contribution >= 0.6 is 12.4 Å². The molecule has 10 heavy (non-hydrogen) atoms. The summed E-state index contributed by atoms with van der Waals surface area (Å²) in [4.78, 5) is 0. The molecule has 1 heterocycles. The van der Waals surface area contributed by atoms with Gasteiger partial charge in [-0.1, -0.05) is 5.10 Å². The van der Waals surface area contributed by atoms with E-state index in [2.05, 4.69) is 20.6 Å². The molecule has 0 saturated carbocycles. The highest BCUT2D eigenvalue weighted by Gasteiger charge is 2.00. The molecule has 3 N–H and O–H groups in total. The molecule has 0 fully saturated rings. The van der Waals surface area contributed by atoms with Crippen molar-refractivity contribution in [2.75, 3.05) is 11.6 Å². The number of hydrazine groups is 1. The van der Waals surface area contributed by atoms with Crippen LogP contribution in [0.3, 0.4) is 0 Å². The van der Waals surface area contributed by atoms with Gasteiger partial charge in [-0.2, -0.15) is 5.21 Å². The predicted octanol–water partition coefficient (Wildman–Crippen LogP) is -0.679. The molecule has 1 rings (SSSR count). The van der Waals surface area contributed by atoms with Crippen LogP contribution in [0.4, 0.5) is 5.95 Å². The van der Waals surface area contributed by atoms with Gasteiger partial charge in [-0.15, -0.1) is 17.5 Å². The summed E-state index contributed by atoms with van der Waals surface area (Å²) in [5, 5.41) is 14.3. The molecule has 1 aromatic rings. The lowest BCUT2D eigenvalue weighted by atomic mass is 10.7. The summed E-state index contributed by atoms with van der Waals surface area (Å²) in [5.41, 5.74) is 0. The average Bonchev–Trinajstić information content (AvgIpc) is 2.37. The first-order chi connectivity index (χ1) is 4.34. The molecule has 58 valence electrons. The SMILES string of the molecule is CCN(N)c1nn[nH]n1.Cl. The molecule has 0 atom stereocenters. The molecular formula is C3H9ClN6. The molecule has 0 saturated heterocycles. The van der Waals surface area contributed by atoms with E-state index in [1.54, 1.807) is 0 Å². The lowest BCUT2D eigenvalue weighted by molar-refractivity contribution is 0.842. The molecule has 0 radical (unpaired) electrons. The molecule has 1 aromatic heterocycles. The van der Waals surface area contributed by atoms with Crippen molar-refractivity contribution < 1.29 is 0 Å². The lowest BCUT2D eigenvalue weighted by Gasteiger charge is -2.07. The van der Waals surface area contributed by atoms with E-state index in [9.17, 15) is 0 Å². The molecule has 0 aliphatic heterocycles. The van der Waals surface area contributed by atoms with E-state index >= 15 is 0 Å². The normalized spacial score (nSPS) is 8.60. The summed E-state index contributed by atoms with van der Waals surface area (Å²) in [6.45, 7) is 2.57. The zero-order valence-corrected chi connectivity index (χ0v) is 6.30. The molecule has 0 aromatic carbocycles. The first-order valence-electron chi connectivity index (χ1n) is 2.60. The van der Waals surface area contributed by atoms with Gasteiger partial charge >= 0.3 is 0 Å². The van der Waals surface area contributed by atoms with Crippen LogP contribution in [0, 0.1) is 0 Å². The zero-order valence-electron chi connectivity index (χ0n) is 5.48. The molecule has 0 aliphatic carbocycles. The molecule has 7 heteroatoms. The van der Waals surface area contributed by atoms with Crippen molar-refractivity contribution in [3.8, 4) is 0 Å². The third-order valence-corrected chi connectivity index (χ3v) is 0.932. The smallest absolute Gasteiger partial charge is 0.276 e. The van der Waals surface area contributed by atoms with Gasteiger partial charge in [-0.25, -0.2) is 5.84 Å². The van der Waals surface area contributed by atoms with E-state index in [4.69, 9.17) is 5.84 Å². The predicted molar refractivity (Wildman–Crippen MR) is 38.6 cm³/mol. The Bertz CT molecular complexity index is 162. The first kappa shape index (κ1) is 9.12. The summed E-state index contributed by atoms with van der Waals surface area (Å²) < 4.78 is 0. The van der Waals surface area contributed by atoms with Gasteiger partial charge in [-0.05, 0) is 12.1 Å². The van der Waals surface area contributed by atoms with Crippen LogP contribution in [0.2, 0.25) is 0 Å². The molecule has 0 bridgehead atoms. The minimum atomic E-state index is 0. The molecule has 6 nitrogen and oxygen atoms in total. The van der Waals surface area contributed by atoms with Crippen molar-refractivity contribution in [2.24, 2.45) is 5.84 Å². The third-order valence-electron chi connectivity index (χ3n) is 0.932. The van der Waals surface area contributed by atoms with Crippen LogP contribution in [0.25, 0.3) is 0 Å². The van der Waals surface area contributed by atoms with Gasteiger partial charge in [0.15, 0.2) is 0 Å². The van der Waals surface area contributed by atoms with Crippen molar-refractivity contribution in [1.29, 1.82) is 0 Å². The third kappa shape index (κ3) is 1.82. The Kier molecular flexibility index (Phi) is 3.67. The van der Waals surface area contributed by atoms with E-state index in [0.717, 1.165) is 0 Å². The van der Waals surface area contributed by atoms with Gasteiger partial charge in [0.1, 0.15) is 0 Å². The van der Waals surface area contributed by atoms with Gasteiger partial charge in [0.05, 0.1) is 0 Å². The number of nitrogens with two attached hydrogens (primary N) is 1. The number of hydrogen-bond acceptors (Lipinski definition) is 5. The van der Waals surface area contributed by atoms with Gasteiger partial charge in [0.2, 0.25) is 0 Å². The molecule has 0 amide bonds. The summed E-state index contributed by atoms with van der Waals surface area (Å²) in [6.07, 6.45) is 0. The molecule has 0 spiro atoms. The number of H-pyrrole nitrogens is 1. The van der Waals surface area contributed by atoms with Gasteiger partial charge < -0.3 is 0 Å². The van der Waals surface area contributed by atoms with E-state index in [-0.39, 0.29) is 12.4 Å². The van der Waals surface area contributed by atoms with Crippen LogP contribution in [-0.4, -0.2) is 27.2 Å². The van der Waals surface area contributed by atoms with Gasteiger partial charge in [-0.3, -0.25) is 5.01 Å². The monoisotopic (exact) mass is 164 g/mol.